The lowest BCUT2D eigenvalue weighted by molar-refractivity contribution is -0.143. The number of amides is 11. The molecule has 0 fully saturated rings. The quantitative estimate of drug-likeness (QED) is 0.0283. The monoisotopic (exact) mass is 1210 g/mol. The van der Waals surface area contributed by atoms with Gasteiger partial charge in [-0.05, 0) is 61.5 Å². The van der Waals surface area contributed by atoms with E-state index in [9.17, 15) is 77.6 Å². The van der Waals surface area contributed by atoms with Crippen molar-refractivity contribution in [2.24, 2.45) is 29.2 Å². The Bertz CT molecular complexity index is 2370. The van der Waals surface area contributed by atoms with Crippen molar-refractivity contribution in [2.75, 3.05) is 30.1 Å². The van der Waals surface area contributed by atoms with Crippen molar-refractivity contribution < 1.29 is 77.6 Å². The summed E-state index contributed by atoms with van der Waals surface area (Å²) in [6, 6.07) is -7.73. The number of carbonyl (C=O) groups is 13. The summed E-state index contributed by atoms with van der Waals surface area (Å²) in [6.45, 7) is 10.3. The summed E-state index contributed by atoms with van der Waals surface area (Å²) in [5.41, 5.74) is 11.8. The van der Waals surface area contributed by atoms with Crippen LogP contribution in [0.1, 0.15) is 86.1 Å². The Labute approximate surface area is 491 Å². The molecule has 0 unspecified atom stereocenters. The van der Waals surface area contributed by atoms with E-state index in [0.717, 1.165) is 0 Å². The first-order valence-corrected chi connectivity index (χ1v) is 28.9. The van der Waals surface area contributed by atoms with Gasteiger partial charge in [-0.3, -0.25) is 57.5 Å². The van der Waals surface area contributed by atoms with Crippen LogP contribution < -0.4 is 64.6 Å². The zero-order valence-electron chi connectivity index (χ0n) is 47.1. The number of aliphatic hydroxyl groups is 1. The molecule has 0 saturated heterocycles. The molecule has 11 atom stereocenters. The number of carboxylic acids is 2. The van der Waals surface area contributed by atoms with Gasteiger partial charge < -0.3 is 80.0 Å². The number of rotatable bonds is 38. The fourth-order valence-electron chi connectivity index (χ4n) is 7.44. The van der Waals surface area contributed by atoms with Gasteiger partial charge in [0.25, 0.3) is 0 Å². The molecule has 17 N–H and O–H groups in total. The van der Waals surface area contributed by atoms with Crippen LogP contribution >= 0.6 is 37.0 Å². The summed E-state index contributed by atoms with van der Waals surface area (Å²) in [4.78, 5) is 171. The van der Waals surface area contributed by atoms with Gasteiger partial charge in [-0.25, -0.2) is 4.79 Å². The maximum Gasteiger partial charge on any atom is 0.326 e. The standard InChI is InChI=1S/C51H82N12O16S3/c1-24(2)18-31(59-50(77)39(53)25(3)4)44(71)61-36(23-81)49(76)56-29(14-15-38(66)67)42(69)57-32(19-28-12-10-9-11-13-28)45(72)60-34(21-64)47(74)62-35(22-80)48(75)54-27(7)41(68)55-30(16-17-82-8)43(70)58-33(20-37(52)65)46(73)63-40(26(5)6)51(78)79/h9-13,24-27,29-36,39-40,64,80-81H,14-23,53H2,1-8H3,(H2,52,65)(H,54,75)(H,55,68)(H,56,76)(H,57,69)(H,58,70)(H,59,77)(H,60,72)(H,61,71)(H,62,74)(H,63,73)(H,66,67)(H,78,79)/t27-,29-,30-,31-,32-,33-,34-,35-,36-,39-,40-/m0/s1. The molecule has 0 bridgehead atoms. The Morgan fingerprint density at radius 2 is 0.951 bits per heavy atom. The highest BCUT2D eigenvalue weighted by Gasteiger charge is 2.36. The number of hydrogen-bond donors (Lipinski definition) is 17. The van der Waals surface area contributed by atoms with Crippen molar-refractivity contribution >= 4 is 114 Å². The van der Waals surface area contributed by atoms with Crippen molar-refractivity contribution in [1.29, 1.82) is 0 Å². The molecule has 1 aromatic rings. The lowest BCUT2D eigenvalue weighted by Crippen LogP contribution is -2.61. The summed E-state index contributed by atoms with van der Waals surface area (Å²) in [5.74, 6) is -14.6. The molecule has 82 heavy (non-hydrogen) atoms. The second-order valence-electron chi connectivity index (χ2n) is 20.3. The van der Waals surface area contributed by atoms with Crippen LogP contribution in [0.15, 0.2) is 30.3 Å². The first kappa shape index (κ1) is 73.3. The molecule has 1 rings (SSSR count). The number of thioether (sulfide) groups is 1. The Kier molecular flexibility index (Phi) is 33.4. The van der Waals surface area contributed by atoms with Gasteiger partial charge >= 0.3 is 11.9 Å². The normalized spacial score (nSPS) is 15.2. The van der Waals surface area contributed by atoms with E-state index in [0.29, 0.717) is 11.3 Å². The van der Waals surface area contributed by atoms with E-state index < -0.39 is 181 Å². The average molecular weight is 1220 g/mol. The van der Waals surface area contributed by atoms with Gasteiger partial charge in [0, 0.05) is 24.3 Å². The summed E-state index contributed by atoms with van der Waals surface area (Å²) in [5, 5.41) is 53.5. The van der Waals surface area contributed by atoms with Crippen LogP contribution in [0.5, 0.6) is 0 Å². The van der Waals surface area contributed by atoms with Crippen LogP contribution in [-0.4, -0.2) is 189 Å². The van der Waals surface area contributed by atoms with Crippen molar-refractivity contribution in [3.8, 4) is 0 Å². The van der Waals surface area contributed by atoms with E-state index in [2.05, 4.69) is 78.4 Å². The summed E-state index contributed by atoms with van der Waals surface area (Å²) in [6.07, 6.45) is -0.311. The molecule has 28 nitrogen and oxygen atoms in total. The Morgan fingerprint density at radius 1 is 0.524 bits per heavy atom. The predicted octanol–water partition coefficient (Wildman–Crippen LogP) is -3.79. The fraction of sp³-hybridized carbons (Fsp3) is 0.627. The van der Waals surface area contributed by atoms with Crippen LogP contribution in [-0.2, 0) is 68.7 Å². The lowest BCUT2D eigenvalue weighted by Gasteiger charge is -2.27. The van der Waals surface area contributed by atoms with Crippen molar-refractivity contribution in [2.45, 2.75) is 153 Å². The summed E-state index contributed by atoms with van der Waals surface area (Å²) >= 11 is 9.64. The highest BCUT2D eigenvalue weighted by atomic mass is 32.2. The number of benzene rings is 1. The van der Waals surface area contributed by atoms with Gasteiger partial charge in [0.15, 0.2) is 0 Å². The smallest absolute Gasteiger partial charge is 0.326 e. The number of nitrogens with one attached hydrogen (secondary N) is 10. The van der Waals surface area contributed by atoms with Crippen LogP contribution in [0.25, 0.3) is 0 Å². The topological polar surface area (TPSA) is 455 Å². The van der Waals surface area contributed by atoms with Gasteiger partial charge in [0.2, 0.25) is 65.0 Å². The number of aliphatic hydroxyl groups excluding tert-OH is 1. The second-order valence-corrected chi connectivity index (χ2v) is 22.0. The van der Waals surface area contributed by atoms with Gasteiger partial charge in [-0.15, -0.1) is 0 Å². The zero-order chi connectivity index (χ0) is 62.6. The second kappa shape index (κ2) is 37.4. The number of aliphatic carboxylic acids is 2. The molecule has 1 aromatic carbocycles. The van der Waals surface area contributed by atoms with Gasteiger partial charge in [-0.1, -0.05) is 71.9 Å². The van der Waals surface area contributed by atoms with Crippen LogP contribution in [0, 0.1) is 17.8 Å². The highest BCUT2D eigenvalue weighted by Crippen LogP contribution is 2.11. The Balaban J connectivity index is 3.33. The Hall–Kier alpha value is -6.70. The van der Waals surface area contributed by atoms with Gasteiger partial charge in [0.1, 0.15) is 60.4 Å². The molecule has 0 heterocycles. The molecule has 0 saturated carbocycles. The number of carboxylic acid groups (broad SMARTS) is 2. The largest absolute Gasteiger partial charge is 0.481 e. The minimum atomic E-state index is -1.80. The maximum atomic E-state index is 14.1. The van der Waals surface area contributed by atoms with Gasteiger partial charge in [0.05, 0.1) is 19.1 Å². The minimum Gasteiger partial charge on any atom is -0.481 e. The molecule has 0 aliphatic heterocycles. The third-order valence-electron chi connectivity index (χ3n) is 12.3. The van der Waals surface area contributed by atoms with E-state index in [1.807, 2.05) is 0 Å². The van der Waals surface area contributed by atoms with E-state index in [1.54, 1.807) is 64.3 Å². The third-order valence-corrected chi connectivity index (χ3v) is 13.6. The average Bonchev–Trinajstić information content (AvgIpc) is 3.43. The predicted molar refractivity (Wildman–Crippen MR) is 308 cm³/mol. The van der Waals surface area contributed by atoms with E-state index in [1.165, 1.54) is 32.5 Å². The minimum absolute atomic E-state index is 0.0221. The molecule has 31 heteroatoms. The summed E-state index contributed by atoms with van der Waals surface area (Å²) in [7, 11) is 0. The Morgan fingerprint density at radius 3 is 1.43 bits per heavy atom. The molecular weight excluding hydrogens is 1130 g/mol. The third kappa shape index (κ3) is 26.5. The molecule has 0 radical (unpaired) electrons. The van der Waals surface area contributed by atoms with E-state index >= 15 is 0 Å². The SMILES string of the molecule is CSCC[C@H](NC(=O)[C@H](C)NC(=O)[C@H](CS)NC(=O)[C@H](CO)NC(=O)[C@H](Cc1ccccc1)NC(=O)[C@H](CCC(=O)O)NC(=O)[C@H](CS)NC(=O)[C@H](CC(C)C)NC(=O)[C@@H](N)C(C)C)C(=O)N[C@@H](CC(N)=O)C(=O)N[C@H](C(=O)O)C(C)C. The number of thiol groups is 2. The molecule has 0 aromatic heterocycles. The first-order chi connectivity index (χ1) is 38.4. The molecule has 0 aliphatic rings. The van der Waals surface area contributed by atoms with Crippen LogP contribution in [0.4, 0.5) is 0 Å². The van der Waals surface area contributed by atoms with Crippen LogP contribution in [0.3, 0.4) is 0 Å². The molecule has 460 valence electrons. The first-order valence-electron chi connectivity index (χ1n) is 26.3. The van der Waals surface area contributed by atoms with Gasteiger partial charge in [-0.2, -0.15) is 37.0 Å². The number of nitrogens with two attached hydrogens (primary N) is 2. The molecular formula is C51H82N12O16S3. The summed E-state index contributed by atoms with van der Waals surface area (Å²) < 4.78 is 0. The number of hydrogen-bond acceptors (Lipinski definition) is 18. The van der Waals surface area contributed by atoms with Crippen molar-refractivity contribution in [3.63, 3.8) is 0 Å². The maximum absolute atomic E-state index is 14.1. The van der Waals surface area contributed by atoms with Crippen molar-refractivity contribution in [3.05, 3.63) is 35.9 Å². The van der Waals surface area contributed by atoms with Crippen molar-refractivity contribution in [1.82, 2.24) is 53.2 Å². The number of primary amides is 1. The molecule has 0 aliphatic carbocycles. The number of carbonyl (C=O) groups excluding carboxylic acids is 11. The van der Waals surface area contributed by atoms with Crippen LogP contribution in [0.2, 0.25) is 0 Å². The van der Waals surface area contributed by atoms with E-state index in [4.69, 9.17) is 11.5 Å². The highest BCUT2D eigenvalue weighted by molar-refractivity contribution is 7.98. The lowest BCUT2D eigenvalue weighted by atomic mass is 10.00. The fourth-order valence-corrected chi connectivity index (χ4v) is 8.43. The zero-order valence-corrected chi connectivity index (χ0v) is 49.8. The molecule has 11 amide bonds. The molecule has 0 spiro atoms. The van der Waals surface area contributed by atoms with E-state index in [-0.39, 0.29) is 36.9 Å².